The highest BCUT2D eigenvalue weighted by Gasteiger charge is 2.43. The van der Waals surface area contributed by atoms with Gasteiger partial charge in [0.1, 0.15) is 5.41 Å². The molecule has 1 saturated carbocycles. The fraction of sp³-hybridized carbons (Fsp3) is 0.667. The van der Waals surface area contributed by atoms with Gasteiger partial charge in [-0.05, 0) is 19.8 Å². The standard InChI is InChI=1S/C12H18N2O2/c1-2-14-9-13-8-10(14)12(11(15)16)6-4-3-5-7-12/h8-9H,2-7H2,1H3,(H,15,16). The van der Waals surface area contributed by atoms with Crippen LogP contribution < -0.4 is 0 Å². The first-order chi connectivity index (χ1) is 7.70. The fourth-order valence-corrected chi connectivity index (χ4v) is 2.71. The summed E-state index contributed by atoms with van der Waals surface area (Å²) in [5, 5.41) is 9.54. The van der Waals surface area contributed by atoms with Gasteiger partial charge in [0.05, 0.1) is 12.0 Å². The number of hydrogen-bond acceptors (Lipinski definition) is 2. The van der Waals surface area contributed by atoms with E-state index >= 15 is 0 Å². The van der Waals surface area contributed by atoms with Crippen molar-refractivity contribution < 1.29 is 9.90 Å². The Hall–Kier alpha value is -1.32. The Morgan fingerprint density at radius 2 is 2.19 bits per heavy atom. The minimum absolute atomic E-state index is 0.690. The van der Waals surface area contributed by atoms with Crippen LogP contribution in [-0.4, -0.2) is 20.6 Å². The number of carboxylic acid groups (broad SMARTS) is 1. The summed E-state index contributed by atoms with van der Waals surface area (Å²) in [6, 6.07) is 0. The highest BCUT2D eigenvalue weighted by Crippen LogP contribution is 2.39. The van der Waals surface area contributed by atoms with Crippen molar-refractivity contribution in [2.45, 2.75) is 51.0 Å². The van der Waals surface area contributed by atoms with Gasteiger partial charge in [-0.2, -0.15) is 0 Å². The number of carbonyl (C=O) groups is 1. The van der Waals surface area contributed by atoms with Gasteiger partial charge in [0, 0.05) is 12.7 Å². The van der Waals surface area contributed by atoms with Crippen molar-refractivity contribution in [3.63, 3.8) is 0 Å². The average Bonchev–Trinajstić information content (AvgIpc) is 2.78. The van der Waals surface area contributed by atoms with E-state index in [0.29, 0.717) is 0 Å². The fourth-order valence-electron chi connectivity index (χ4n) is 2.71. The summed E-state index contributed by atoms with van der Waals surface area (Å²) in [5.74, 6) is -0.692. The van der Waals surface area contributed by atoms with Gasteiger partial charge in [-0.3, -0.25) is 4.79 Å². The predicted molar refractivity (Wildman–Crippen MR) is 60.3 cm³/mol. The van der Waals surface area contributed by atoms with Gasteiger partial charge < -0.3 is 9.67 Å². The van der Waals surface area contributed by atoms with E-state index in [1.165, 1.54) is 0 Å². The first kappa shape index (κ1) is 11.2. The van der Waals surface area contributed by atoms with E-state index < -0.39 is 11.4 Å². The third kappa shape index (κ3) is 1.62. The monoisotopic (exact) mass is 222 g/mol. The molecular formula is C12H18N2O2. The quantitative estimate of drug-likeness (QED) is 0.852. The van der Waals surface area contributed by atoms with Crippen molar-refractivity contribution in [2.24, 2.45) is 0 Å². The summed E-state index contributed by atoms with van der Waals surface area (Å²) in [6.07, 6.45) is 8.09. The van der Waals surface area contributed by atoms with E-state index in [1.807, 2.05) is 11.5 Å². The minimum atomic E-state index is -0.692. The SMILES string of the molecule is CCn1cncc1C1(C(=O)O)CCCCC1. The van der Waals surface area contributed by atoms with Crippen molar-refractivity contribution >= 4 is 5.97 Å². The van der Waals surface area contributed by atoms with Crippen molar-refractivity contribution in [3.05, 3.63) is 18.2 Å². The normalized spacial score (nSPS) is 19.6. The Bertz CT molecular complexity index is 378. The highest BCUT2D eigenvalue weighted by molar-refractivity contribution is 5.80. The van der Waals surface area contributed by atoms with Gasteiger partial charge in [0.15, 0.2) is 0 Å². The van der Waals surface area contributed by atoms with Crippen molar-refractivity contribution in [1.29, 1.82) is 0 Å². The molecule has 0 spiro atoms. The summed E-state index contributed by atoms with van der Waals surface area (Å²) >= 11 is 0. The van der Waals surface area contributed by atoms with Crippen LogP contribution in [0, 0.1) is 0 Å². The molecule has 1 aromatic heterocycles. The molecule has 4 nitrogen and oxygen atoms in total. The molecule has 1 N–H and O–H groups in total. The molecule has 88 valence electrons. The van der Waals surface area contributed by atoms with Crippen LogP contribution in [-0.2, 0) is 16.8 Å². The van der Waals surface area contributed by atoms with E-state index in [-0.39, 0.29) is 0 Å². The van der Waals surface area contributed by atoms with Gasteiger partial charge in [0.25, 0.3) is 0 Å². The maximum atomic E-state index is 11.6. The third-order valence-corrected chi connectivity index (χ3v) is 3.66. The lowest BCUT2D eigenvalue weighted by Gasteiger charge is -2.33. The second-order valence-electron chi connectivity index (χ2n) is 4.51. The van der Waals surface area contributed by atoms with Crippen LogP contribution in [0.2, 0.25) is 0 Å². The van der Waals surface area contributed by atoms with Gasteiger partial charge >= 0.3 is 5.97 Å². The molecule has 0 unspecified atom stereocenters. The van der Waals surface area contributed by atoms with E-state index in [2.05, 4.69) is 4.98 Å². The number of aromatic nitrogens is 2. The van der Waals surface area contributed by atoms with Crippen molar-refractivity contribution in [1.82, 2.24) is 9.55 Å². The van der Waals surface area contributed by atoms with Crippen LogP contribution in [0.5, 0.6) is 0 Å². The highest BCUT2D eigenvalue weighted by atomic mass is 16.4. The molecule has 4 heteroatoms. The predicted octanol–water partition coefficient (Wildman–Crippen LogP) is 2.19. The lowest BCUT2D eigenvalue weighted by Crippen LogP contribution is -2.39. The lowest BCUT2D eigenvalue weighted by molar-refractivity contribution is -0.145. The molecule has 0 aromatic carbocycles. The maximum absolute atomic E-state index is 11.6. The van der Waals surface area contributed by atoms with Crippen LogP contribution in [0.3, 0.4) is 0 Å². The molecule has 16 heavy (non-hydrogen) atoms. The molecule has 1 aromatic rings. The summed E-state index contributed by atoms with van der Waals surface area (Å²) in [6.45, 7) is 2.80. The van der Waals surface area contributed by atoms with Crippen LogP contribution >= 0.6 is 0 Å². The van der Waals surface area contributed by atoms with Crippen molar-refractivity contribution in [2.75, 3.05) is 0 Å². The molecular weight excluding hydrogens is 204 g/mol. The second kappa shape index (κ2) is 4.28. The smallest absolute Gasteiger partial charge is 0.315 e. The van der Waals surface area contributed by atoms with E-state index in [4.69, 9.17) is 0 Å². The third-order valence-electron chi connectivity index (χ3n) is 3.66. The minimum Gasteiger partial charge on any atom is -0.481 e. The van der Waals surface area contributed by atoms with Gasteiger partial charge in [-0.25, -0.2) is 4.98 Å². The molecule has 1 aliphatic carbocycles. The molecule has 2 rings (SSSR count). The second-order valence-corrected chi connectivity index (χ2v) is 4.51. The number of hydrogen-bond donors (Lipinski definition) is 1. The first-order valence-corrected chi connectivity index (χ1v) is 5.95. The topological polar surface area (TPSA) is 55.1 Å². The Kier molecular flexibility index (Phi) is 2.99. The largest absolute Gasteiger partial charge is 0.481 e. The molecule has 1 heterocycles. The molecule has 0 bridgehead atoms. The number of rotatable bonds is 3. The molecule has 0 saturated heterocycles. The molecule has 1 fully saturated rings. The zero-order valence-electron chi connectivity index (χ0n) is 9.65. The van der Waals surface area contributed by atoms with Crippen molar-refractivity contribution in [3.8, 4) is 0 Å². The number of carboxylic acids is 1. The molecule has 0 aliphatic heterocycles. The van der Waals surface area contributed by atoms with Gasteiger partial charge in [-0.15, -0.1) is 0 Å². The Balaban J connectivity index is 2.42. The van der Waals surface area contributed by atoms with Gasteiger partial charge in [-0.1, -0.05) is 19.3 Å². The van der Waals surface area contributed by atoms with Gasteiger partial charge in [0.2, 0.25) is 0 Å². The molecule has 0 atom stereocenters. The van der Waals surface area contributed by atoms with Crippen LogP contribution in [0.15, 0.2) is 12.5 Å². The van der Waals surface area contributed by atoms with Crippen LogP contribution in [0.4, 0.5) is 0 Å². The number of imidazole rings is 1. The Morgan fingerprint density at radius 1 is 1.50 bits per heavy atom. The van der Waals surface area contributed by atoms with E-state index in [0.717, 1.165) is 44.3 Å². The zero-order chi connectivity index (χ0) is 11.6. The zero-order valence-corrected chi connectivity index (χ0v) is 9.65. The van der Waals surface area contributed by atoms with E-state index in [1.54, 1.807) is 12.5 Å². The lowest BCUT2D eigenvalue weighted by atomic mass is 9.72. The number of nitrogens with zero attached hydrogens (tertiary/aromatic N) is 2. The first-order valence-electron chi connectivity index (χ1n) is 5.95. The van der Waals surface area contributed by atoms with E-state index in [9.17, 15) is 9.90 Å². The Morgan fingerprint density at radius 3 is 2.75 bits per heavy atom. The summed E-state index contributed by atoms with van der Waals surface area (Å²) in [4.78, 5) is 15.7. The summed E-state index contributed by atoms with van der Waals surface area (Å²) in [7, 11) is 0. The van der Waals surface area contributed by atoms with Crippen LogP contribution in [0.25, 0.3) is 0 Å². The number of aryl methyl sites for hydroxylation is 1. The molecule has 0 radical (unpaired) electrons. The number of aliphatic carboxylic acids is 1. The maximum Gasteiger partial charge on any atom is 0.315 e. The molecule has 1 aliphatic rings. The van der Waals surface area contributed by atoms with Crippen LogP contribution in [0.1, 0.15) is 44.7 Å². The summed E-state index contributed by atoms with van der Waals surface area (Å²) in [5.41, 5.74) is 0.187. The Labute approximate surface area is 95.3 Å². The average molecular weight is 222 g/mol. The molecule has 0 amide bonds. The summed E-state index contributed by atoms with van der Waals surface area (Å²) < 4.78 is 1.96.